The predicted octanol–water partition coefficient (Wildman–Crippen LogP) is 2.34. The van der Waals surface area contributed by atoms with Gasteiger partial charge in [-0.3, -0.25) is 4.90 Å². The zero-order valence-corrected chi connectivity index (χ0v) is 9.71. The molecule has 0 amide bonds. The van der Waals surface area contributed by atoms with E-state index in [4.69, 9.17) is 0 Å². The number of piperidine rings is 1. The highest BCUT2D eigenvalue weighted by Gasteiger charge is 2.20. The molecule has 1 fully saturated rings. The summed E-state index contributed by atoms with van der Waals surface area (Å²) < 4.78 is 0. The lowest BCUT2D eigenvalue weighted by Crippen LogP contribution is -2.41. The largest absolute Gasteiger partial charge is 0.302 e. The van der Waals surface area contributed by atoms with Gasteiger partial charge in [-0.25, -0.2) is 0 Å². The summed E-state index contributed by atoms with van der Waals surface area (Å²) in [6, 6.07) is 2.35. The Hall–Kier alpha value is -0.670. The average Bonchev–Trinajstić information content (AvgIpc) is 2.79. The number of carbonyl (C=O) groups is 1. The van der Waals surface area contributed by atoms with Gasteiger partial charge in [0, 0.05) is 6.54 Å². The SMILES string of the molecule is O=CC1CCCCN1CCc1ccsc1. The monoisotopic (exact) mass is 223 g/mol. The molecule has 2 rings (SSSR count). The molecule has 1 aliphatic rings. The maximum absolute atomic E-state index is 10.9. The van der Waals surface area contributed by atoms with Crippen LogP contribution in [0.15, 0.2) is 16.8 Å². The summed E-state index contributed by atoms with van der Waals surface area (Å²) in [6.07, 6.45) is 5.69. The van der Waals surface area contributed by atoms with Crippen molar-refractivity contribution in [3.05, 3.63) is 22.4 Å². The number of carbonyl (C=O) groups excluding carboxylic acids is 1. The van der Waals surface area contributed by atoms with Crippen LogP contribution in [0.4, 0.5) is 0 Å². The molecule has 1 aliphatic heterocycles. The van der Waals surface area contributed by atoms with E-state index in [1.54, 1.807) is 11.3 Å². The lowest BCUT2D eigenvalue weighted by molar-refractivity contribution is -0.113. The molecule has 82 valence electrons. The molecular formula is C12H17NOS. The second-order valence-corrected chi connectivity index (χ2v) is 4.90. The standard InChI is InChI=1S/C12H17NOS/c14-9-12-3-1-2-6-13(12)7-4-11-5-8-15-10-11/h5,8-10,12H,1-4,6-7H2. The smallest absolute Gasteiger partial charge is 0.137 e. The van der Waals surface area contributed by atoms with Crippen molar-refractivity contribution in [2.75, 3.05) is 13.1 Å². The van der Waals surface area contributed by atoms with Gasteiger partial charge >= 0.3 is 0 Å². The zero-order valence-electron chi connectivity index (χ0n) is 8.89. The zero-order chi connectivity index (χ0) is 10.5. The van der Waals surface area contributed by atoms with Crippen molar-refractivity contribution in [2.45, 2.75) is 31.7 Å². The highest BCUT2D eigenvalue weighted by Crippen LogP contribution is 2.16. The van der Waals surface area contributed by atoms with Crippen LogP contribution in [0.5, 0.6) is 0 Å². The Balaban J connectivity index is 1.84. The summed E-state index contributed by atoms with van der Waals surface area (Å²) in [5, 5.41) is 4.31. The van der Waals surface area contributed by atoms with Crippen LogP contribution in [0.3, 0.4) is 0 Å². The lowest BCUT2D eigenvalue weighted by atomic mass is 10.0. The first kappa shape index (κ1) is 10.8. The van der Waals surface area contributed by atoms with Crippen molar-refractivity contribution in [1.82, 2.24) is 4.90 Å². The van der Waals surface area contributed by atoms with Crippen molar-refractivity contribution >= 4 is 17.6 Å². The van der Waals surface area contributed by atoms with E-state index in [0.717, 1.165) is 32.2 Å². The maximum Gasteiger partial charge on any atom is 0.137 e. The van der Waals surface area contributed by atoms with Crippen LogP contribution in [0.2, 0.25) is 0 Å². The van der Waals surface area contributed by atoms with E-state index < -0.39 is 0 Å². The summed E-state index contributed by atoms with van der Waals surface area (Å²) in [4.78, 5) is 13.2. The molecule has 0 radical (unpaired) electrons. The number of hydrogen-bond donors (Lipinski definition) is 0. The van der Waals surface area contributed by atoms with Gasteiger partial charge < -0.3 is 4.79 Å². The Morgan fingerprint density at radius 3 is 3.20 bits per heavy atom. The minimum Gasteiger partial charge on any atom is -0.302 e. The van der Waals surface area contributed by atoms with Crippen LogP contribution in [0.1, 0.15) is 24.8 Å². The molecule has 2 nitrogen and oxygen atoms in total. The van der Waals surface area contributed by atoms with E-state index in [0.29, 0.717) is 0 Å². The normalized spacial score (nSPS) is 22.8. The molecule has 0 aromatic carbocycles. The average molecular weight is 223 g/mol. The molecule has 1 atom stereocenters. The number of hydrogen-bond acceptors (Lipinski definition) is 3. The molecule has 0 saturated carbocycles. The van der Waals surface area contributed by atoms with Crippen molar-refractivity contribution in [3.8, 4) is 0 Å². The van der Waals surface area contributed by atoms with Gasteiger partial charge in [0.05, 0.1) is 6.04 Å². The second kappa shape index (κ2) is 5.42. The molecule has 1 unspecified atom stereocenters. The van der Waals surface area contributed by atoms with Gasteiger partial charge in [0.1, 0.15) is 6.29 Å². The van der Waals surface area contributed by atoms with Crippen LogP contribution in [-0.2, 0) is 11.2 Å². The third kappa shape index (κ3) is 2.89. The van der Waals surface area contributed by atoms with E-state index in [1.165, 1.54) is 18.4 Å². The Kier molecular flexibility index (Phi) is 3.92. The first-order valence-electron chi connectivity index (χ1n) is 5.60. The molecule has 3 heteroatoms. The van der Waals surface area contributed by atoms with Crippen LogP contribution >= 0.6 is 11.3 Å². The number of rotatable bonds is 4. The van der Waals surface area contributed by atoms with E-state index in [-0.39, 0.29) is 6.04 Å². The predicted molar refractivity (Wildman–Crippen MR) is 63.3 cm³/mol. The topological polar surface area (TPSA) is 20.3 Å². The highest BCUT2D eigenvalue weighted by molar-refractivity contribution is 7.07. The first-order valence-corrected chi connectivity index (χ1v) is 6.55. The van der Waals surface area contributed by atoms with Gasteiger partial charge in [0.25, 0.3) is 0 Å². The summed E-state index contributed by atoms with van der Waals surface area (Å²) in [5.41, 5.74) is 1.40. The highest BCUT2D eigenvalue weighted by atomic mass is 32.1. The second-order valence-electron chi connectivity index (χ2n) is 4.12. The van der Waals surface area contributed by atoms with Crippen molar-refractivity contribution in [2.24, 2.45) is 0 Å². The number of nitrogens with zero attached hydrogens (tertiary/aromatic N) is 1. The summed E-state index contributed by atoms with van der Waals surface area (Å²) in [5.74, 6) is 0. The fourth-order valence-corrected chi connectivity index (χ4v) is 2.86. The molecule has 1 saturated heterocycles. The lowest BCUT2D eigenvalue weighted by Gasteiger charge is -2.32. The van der Waals surface area contributed by atoms with Crippen LogP contribution < -0.4 is 0 Å². The van der Waals surface area contributed by atoms with Crippen molar-refractivity contribution in [3.63, 3.8) is 0 Å². The van der Waals surface area contributed by atoms with E-state index in [9.17, 15) is 4.79 Å². The number of aldehydes is 1. The molecule has 0 bridgehead atoms. The Morgan fingerprint density at radius 1 is 1.53 bits per heavy atom. The molecule has 0 N–H and O–H groups in total. The van der Waals surface area contributed by atoms with Gasteiger partial charge in [-0.2, -0.15) is 11.3 Å². The number of likely N-dealkylation sites (tertiary alicyclic amines) is 1. The molecule has 1 aromatic rings. The quantitative estimate of drug-likeness (QED) is 0.730. The van der Waals surface area contributed by atoms with Gasteiger partial charge in [-0.05, 0) is 48.2 Å². The molecule has 1 aromatic heterocycles. The minimum atomic E-state index is 0.178. The first-order chi connectivity index (χ1) is 7.40. The van der Waals surface area contributed by atoms with Crippen LogP contribution in [0.25, 0.3) is 0 Å². The fraction of sp³-hybridized carbons (Fsp3) is 0.583. The van der Waals surface area contributed by atoms with E-state index in [2.05, 4.69) is 21.7 Å². The van der Waals surface area contributed by atoms with Gasteiger partial charge in [-0.15, -0.1) is 0 Å². The number of thiophene rings is 1. The van der Waals surface area contributed by atoms with Gasteiger partial charge in [0.15, 0.2) is 0 Å². The Labute approximate surface area is 94.9 Å². The van der Waals surface area contributed by atoms with Crippen molar-refractivity contribution in [1.29, 1.82) is 0 Å². The third-order valence-corrected chi connectivity index (χ3v) is 3.82. The fourth-order valence-electron chi connectivity index (χ4n) is 2.16. The summed E-state index contributed by atoms with van der Waals surface area (Å²) in [7, 11) is 0. The molecular weight excluding hydrogens is 206 g/mol. The molecule has 15 heavy (non-hydrogen) atoms. The van der Waals surface area contributed by atoms with Gasteiger partial charge in [-0.1, -0.05) is 6.42 Å². The minimum absolute atomic E-state index is 0.178. The summed E-state index contributed by atoms with van der Waals surface area (Å²) in [6.45, 7) is 2.12. The maximum atomic E-state index is 10.9. The molecule has 0 aliphatic carbocycles. The summed E-state index contributed by atoms with van der Waals surface area (Å²) >= 11 is 1.74. The third-order valence-electron chi connectivity index (χ3n) is 3.09. The van der Waals surface area contributed by atoms with Crippen molar-refractivity contribution < 1.29 is 4.79 Å². The Bertz CT molecular complexity index is 297. The molecule has 0 spiro atoms. The van der Waals surface area contributed by atoms with E-state index in [1.807, 2.05) is 0 Å². The van der Waals surface area contributed by atoms with Crippen LogP contribution in [0, 0.1) is 0 Å². The van der Waals surface area contributed by atoms with Gasteiger partial charge in [0.2, 0.25) is 0 Å². The van der Waals surface area contributed by atoms with Crippen LogP contribution in [-0.4, -0.2) is 30.3 Å². The Morgan fingerprint density at radius 2 is 2.47 bits per heavy atom. The van der Waals surface area contributed by atoms with E-state index >= 15 is 0 Å². The molecule has 2 heterocycles.